The Bertz CT molecular complexity index is 769. The van der Waals surface area contributed by atoms with Crippen LogP contribution in [0.25, 0.3) is 0 Å². The van der Waals surface area contributed by atoms with E-state index in [9.17, 15) is 14.0 Å². The Morgan fingerprint density at radius 3 is 2.52 bits per heavy atom. The van der Waals surface area contributed by atoms with Gasteiger partial charge in [-0.15, -0.1) is 0 Å². The third-order valence-electron chi connectivity index (χ3n) is 7.45. The lowest BCUT2D eigenvalue weighted by Crippen LogP contribution is -2.51. The molecule has 3 rings (SSSR count). The number of nitrogens with zero attached hydrogens (tertiary/aromatic N) is 2. The van der Waals surface area contributed by atoms with Gasteiger partial charge in [0, 0.05) is 31.0 Å². The van der Waals surface area contributed by atoms with Crippen LogP contribution in [0.1, 0.15) is 77.2 Å². The molecule has 2 unspecified atom stereocenters. The van der Waals surface area contributed by atoms with Gasteiger partial charge in [0.05, 0.1) is 6.54 Å². The van der Waals surface area contributed by atoms with Gasteiger partial charge in [0.25, 0.3) is 0 Å². The van der Waals surface area contributed by atoms with Crippen LogP contribution >= 0.6 is 0 Å². The molecule has 1 aromatic rings. The van der Waals surface area contributed by atoms with E-state index in [0.29, 0.717) is 24.8 Å². The van der Waals surface area contributed by atoms with Crippen molar-refractivity contribution in [3.8, 4) is 0 Å². The lowest BCUT2D eigenvalue weighted by atomic mass is 9.73. The minimum Gasteiger partial charge on any atom is -0.355 e. The number of ketones is 1. The molecule has 6 heteroatoms. The van der Waals surface area contributed by atoms with Crippen LogP contribution < -0.4 is 5.32 Å². The van der Waals surface area contributed by atoms with Crippen LogP contribution in [0, 0.1) is 11.7 Å². The highest BCUT2D eigenvalue weighted by atomic mass is 19.1. The quantitative estimate of drug-likeness (QED) is 0.476. The van der Waals surface area contributed by atoms with E-state index in [0.717, 1.165) is 70.3 Å². The van der Waals surface area contributed by atoms with Crippen LogP contribution in [0.4, 0.5) is 4.39 Å². The molecule has 0 aromatic heterocycles. The van der Waals surface area contributed by atoms with Crippen LogP contribution in [-0.4, -0.2) is 66.3 Å². The number of hydrogen-bond donors (Lipinski definition) is 1. The molecule has 1 aromatic carbocycles. The van der Waals surface area contributed by atoms with E-state index in [1.807, 2.05) is 19.1 Å². The van der Waals surface area contributed by atoms with Crippen LogP contribution in [0.5, 0.6) is 0 Å². The number of Topliss-reactive ketones (excluding diaryl/α,β-unsaturated/α-hetero) is 1. The first-order valence-electron chi connectivity index (χ1n) is 13.0. The zero-order valence-corrected chi connectivity index (χ0v) is 20.7. The van der Waals surface area contributed by atoms with Crippen molar-refractivity contribution in [2.24, 2.45) is 5.92 Å². The van der Waals surface area contributed by atoms with Gasteiger partial charge in [-0.3, -0.25) is 19.4 Å². The number of halogens is 1. The van der Waals surface area contributed by atoms with Gasteiger partial charge in [-0.1, -0.05) is 32.9 Å². The number of nitrogens with one attached hydrogen (secondary N) is 1. The molecule has 1 N–H and O–H groups in total. The monoisotopic (exact) mass is 459 g/mol. The molecule has 2 heterocycles. The maximum Gasteiger partial charge on any atom is 0.234 e. The Morgan fingerprint density at radius 1 is 1.09 bits per heavy atom. The SMILES string of the molecule is CCCNC(=O)CN(CCC)CCCN1C2CC[C@@H]1C[C@@H](c1ccc(F)cc1)C2C(=O)CC. The van der Waals surface area contributed by atoms with E-state index in [2.05, 4.69) is 29.0 Å². The highest BCUT2D eigenvalue weighted by Gasteiger charge is 2.49. The molecule has 0 radical (unpaired) electrons. The summed E-state index contributed by atoms with van der Waals surface area (Å²) in [5, 5.41) is 2.98. The molecule has 2 saturated heterocycles. The van der Waals surface area contributed by atoms with Crippen LogP contribution in [-0.2, 0) is 9.59 Å². The zero-order chi connectivity index (χ0) is 23.8. The van der Waals surface area contributed by atoms with Crippen molar-refractivity contribution in [1.29, 1.82) is 0 Å². The van der Waals surface area contributed by atoms with Crippen LogP contribution in [0.2, 0.25) is 0 Å². The first-order valence-corrected chi connectivity index (χ1v) is 13.0. The number of carbonyl (C=O) groups is 2. The summed E-state index contributed by atoms with van der Waals surface area (Å²) >= 11 is 0. The van der Waals surface area contributed by atoms with E-state index in [1.165, 1.54) is 12.1 Å². The number of fused-ring (bicyclic) bond motifs is 2. The number of amides is 1. The topological polar surface area (TPSA) is 52.7 Å². The van der Waals surface area contributed by atoms with Gasteiger partial charge < -0.3 is 5.32 Å². The molecule has 5 nitrogen and oxygen atoms in total. The van der Waals surface area contributed by atoms with Crippen molar-refractivity contribution in [2.75, 3.05) is 32.7 Å². The molecule has 1 amide bonds. The van der Waals surface area contributed by atoms with E-state index < -0.39 is 0 Å². The molecule has 0 saturated carbocycles. The number of hydrogen-bond acceptors (Lipinski definition) is 4. The number of rotatable bonds is 13. The van der Waals surface area contributed by atoms with Gasteiger partial charge in [-0.2, -0.15) is 0 Å². The number of carbonyl (C=O) groups excluding carboxylic acids is 2. The smallest absolute Gasteiger partial charge is 0.234 e. The fraction of sp³-hybridized carbons (Fsp3) is 0.704. The predicted octanol–water partition coefficient (Wildman–Crippen LogP) is 4.37. The second kappa shape index (κ2) is 12.6. The highest BCUT2D eigenvalue weighted by Crippen LogP contribution is 2.47. The molecule has 0 spiro atoms. The van der Waals surface area contributed by atoms with Gasteiger partial charge in [-0.05, 0) is 81.8 Å². The Morgan fingerprint density at radius 2 is 1.85 bits per heavy atom. The van der Waals surface area contributed by atoms with Crippen molar-refractivity contribution in [3.05, 3.63) is 35.6 Å². The molecular formula is C27H42FN3O2. The highest BCUT2D eigenvalue weighted by molar-refractivity contribution is 5.82. The van der Waals surface area contributed by atoms with E-state index in [1.54, 1.807) is 0 Å². The summed E-state index contributed by atoms with van der Waals surface area (Å²) in [5.74, 6) is 0.396. The minimum atomic E-state index is -0.225. The van der Waals surface area contributed by atoms with Gasteiger partial charge in [0.15, 0.2) is 0 Å². The fourth-order valence-corrected chi connectivity index (χ4v) is 5.98. The van der Waals surface area contributed by atoms with Crippen molar-refractivity contribution >= 4 is 11.7 Å². The van der Waals surface area contributed by atoms with E-state index in [-0.39, 0.29) is 29.6 Å². The van der Waals surface area contributed by atoms with Crippen molar-refractivity contribution in [2.45, 2.75) is 83.7 Å². The fourth-order valence-electron chi connectivity index (χ4n) is 5.98. The van der Waals surface area contributed by atoms with Crippen molar-refractivity contribution < 1.29 is 14.0 Å². The van der Waals surface area contributed by atoms with Gasteiger partial charge in [0.2, 0.25) is 5.91 Å². The predicted molar refractivity (Wildman–Crippen MR) is 131 cm³/mol. The number of benzene rings is 1. The third kappa shape index (κ3) is 6.63. The summed E-state index contributed by atoms with van der Waals surface area (Å²) in [7, 11) is 0. The molecule has 0 aliphatic carbocycles. The first kappa shape index (κ1) is 25.8. The molecule has 2 aliphatic heterocycles. The maximum atomic E-state index is 13.5. The Balaban J connectivity index is 1.63. The summed E-state index contributed by atoms with van der Waals surface area (Å²) in [4.78, 5) is 30.1. The van der Waals surface area contributed by atoms with Crippen molar-refractivity contribution in [1.82, 2.24) is 15.1 Å². The standard InChI is InChI=1S/C27H42FN3O2/c1-4-14-29-26(33)19-30(15-5-2)16-7-17-31-22-12-13-24(31)27(25(32)6-3)23(18-22)20-8-10-21(28)11-9-20/h8-11,22-24,27H,4-7,12-19H2,1-3H3,(H,29,33)/t22-,23+,24?,27?/m1/s1. The largest absolute Gasteiger partial charge is 0.355 e. The van der Waals surface area contributed by atoms with Crippen LogP contribution in [0.3, 0.4) is 0 Å². The second-order valence-corrected chi connectivity index (χ2v) is 9.76. The minimum absolute atomic E-state index is 0.00854. The Hall–Kier alpha value is -1.79. The molecule has 184 valence electrons. The van der Waals surface area contributed by atoms with E-state index >= 15 is 0 Å². The van der Waals surface area contributed by atoms with Gasteiger partial charge in [-0.25, -0.2) is 4.39 Å². The average Bonchev–Trinajstić information content (AvgIpc) is 3.08. The lowest BCUT2D eigenvalue weighted by Gasteiger charge is -2.44. The molecule has 2 fully saturated rings. The molecule has 2 aliphatic rings. The Kier molecular flexibility index (Phi) is 9.87. The third-order valence-corrected chi connectivity index (χ3v) is 7.45. The summed E-state index contributed by atoms with van der Waals surface area (Å²) in [6, 6.07) is 7.55. The number of piperidine rings is 1. The normalized spacial score (nSPS) is 24.9. The average molecular weight is 460 g/mol. The summed E-state index contributed by atoms with van der Waals surface area (Å²) in [6.07, 6.45) is 6.70. The zero-order valence-electron chi connectivity index (χ0n) is 20.7. The van der Waals surface area contributed by atoms with Gasteiger partial charge in [0.1, 0.15) is 11.6 Å². The van der Waals surface area contributed by atoms with Gasteiger partial charge >= 0.3 is 0 Å². The molecular weight excluding hydrogens is 417 g/mol. The van der Waals surface area contributed by atoms with Crippen molar-refractivity contribution in [3.63, 3.8) is 0 Å². The Labute approximate surface area is 199 Å². The molecule has 33 heavy (non-hydrogen) atoms. The summed E-state index contributed by atoms with van der Waals surface area (Å²) < 4.78 is 13.5. The maximum absolute atomic E-state index is 13.5. The van der Waals surface area contributed by atoms with E-state index in [4.69, 9.17) is 0 Å². The molecule has 4 atom stereocenters. The summed E-state index contributed by atoms with van der Waals surface area (Å²) in [5.41, 5.74) is 1.10. The summed E-state index contributed by atoms with van der Waals surface area (Å²) in [6.45, 7) is 10.2. The second-order valence-electron chi connectivity index (χ2n) is 9.76. The first-order chi connectivity index (χ1) is 16.0. The molecule has 2 bridgehead atoms. The lowest BCUT2D eigenvalue weighted by molar-refractivity contribution is -0.127. The van der Waals surface area contributed by atoms with Crippen LogP contribution in [0.15, 0.2) is 24.3 Å².